The summed E-state index contributed by atoms with van der Waals surface area (Å²) >= 11 is 1.48. The molecule has 96 valence electrons. The number of sulfonamides is 1. The van der Waals surface area contributed by atoms with E-state index in [0.29, 0.717) is 0 Å². The highest BCUT2D eigenvalue weighted by Gasteiger charge is 2.18. The monoisotopic (exact) mass is 285 g/mol. The molecule has 0 amide bonds. The Hall–Kier alpha value is -1.24. The zero-order chi connectivity index (χ0) is 13.2. The first-order valence-electron chi connectivity index (χ1n) is 5.30. The lowest BCUT2D eigenvalue weighted by atomic mass is 10.3. The third-order valence-corrected chi connectivity index (χ3v) is 5.04. The van der Waals surface area contributed by atoms with Gasteiger partial charge in [-0.15, -0.1) is 11.3 Å². The van der Waals surface area contributed by atoms with Gasteiger partial charge in [-0.05, 0) is 42.6 Å². The fraction of sp³-hybridized carbons (Fsp3) is 0.167. The van der Waals surface area contributed by atoms with E-state index in [0.717, 1.165) is 17.0 Å². The molecule has 0 saturated carbocycles. The fourth-order valence-electron chi connectivity index (χ4n) is 1.51. The molecule has 0 saturated heterocycles. The molecule has 0 bridgehead atoms. The number of hydrogen-bond donors (Lipinski definition) is 1. The van der Waals surface area contributed by atoms with Crippen molar-refractivity contribution in [1.29, 1.82) is 0 Å². The zero-order valence-corrected chi connectivity index (χ0v) is 11.3. The Labute approximate surface area is 109 Å². The van der Waals surface area contributed by atoms with Crippen molar-refractivity contribution in [1.82, 2.24) is 4.72 Å². The van der Waals surface area contributed by atoms with E-state index in [-0.39, 0.29) is 10.9 Å². The van der Waals surface area contributed by atoms with E-state index in [1.807, 2.05) is 17.5 Å². The molecule has 1 atom stereocenters. The van der Waals surface area contributed by atoms with Crippen LogP contribution in [0.4, 0.5) is 4.39 Å². The molecular formula is C12H12FNO2S2. The third kappa shape index (κ3) is 2.95. The molecule has 18 heavy (non-hydrogen) atoms. The van der Waals surface area contributed by atoms with Gasteiger partial charge in [0, 0.05) is 4.88 Å². The maximum atomic E-state index is 12.7. The lowest BCUT2D eigenvalue weighted by molar-refractivity contribution is 0.568. The normalized spacial score (nSPS) is 13.4. The third-order valence-electron chi connectivity index (χ3n) is 2.43. The Morgan fingerprint density at radius 1 is 1.22 bits per heavy atom. The minimum atomic E-state index is -3.61. The first-order valence-corrected chi connectivity index (χ1v) is 7.66. The van der Waals surface area contributed by atoms with Crippen LogP contribution in [0.5, 0.6) is 0 Å². The summed E-state index contributed by atoms with van der Waals surface area (Å²) in [5.74, 6) is -0.458. The smallest absolute Gasteiger partial charge is 0.207 e. The van der Waals surface area contributed by atoms with E-state index >= 15 is 0 Å². The highest BCUT2D eigenvalue weighted by Crippen LogP contribution is 2.21. The van der Waals surface area contributed by atoms with Crippen molar-refractivity contribution in [3.05, 3.63) is 52.5 Å². The van der Waals surface area contributed by atoms with Crippen molar-refractivity contribution < 1.29 is 12.8 Å². The maximum Gasteiger partial charge on any atom is 0.241 e. The van der Waals surface area contributed by atoms with Crippen LogP contribution < -0.4 is 4.72 Å². The Bertz CT molecular complexity index is 606. The van der Waals surface area contributed by atoms with Crippen LogP contribution in [0.2, 0.25) is 0 Å². The maximum absolute atomic E-state index is 12.7. The summed E-state index contributed by atoms with van der Waals surface area (Å²) in [5, 5.41) is 1.89. The van der Waals surface area contributed by atoms with E-state index in [1.54, 1.807) is 6.92 Å². The number of hydrogen-bond acceptors (Lipinski definition) is 3. The van der Waals surface area contributed by atoms with Gasteiger partial charge < -0.3 is 0 Å². The van der Waals surface area contributed by atoms with E-state index in [9.17, 15) is 12.8 Å². The number of thiophene rings is 1. The quantitative estimate of drug-likeness (QED) is 0.939. The van der Waals surface area contributed by atoms with Gasteiger partial charge in [0.05, 0.1) is 10.9 Å². The van der Waals surface area contributed by atoms with Gasteiger partial charge in [-0.2, -0.15) is 0 Å². The van der Waals surface area contributed by atoms with E-state index in [1.165, 1.54) is 23.5 Å². The molecule has 0 spiro atoms. The molecule has 3 nitrogen and oxygen atoms in total. The molecule has 6 heteroatoms. The van der Waals surface area contributed by atoms with Gasteiger partial charge >= 0.3 is 0 Å². The molecule has 0 aliphatic heterocycles. The predicted molar refractivity (Wildman–Crippen MR) is 69.5 cm³/mol. The highest BCUT2D eigenvalue weighted by molar-refractivity contribution is 7.89. The van der Waals surface area contributed by atoms with Crippen molar-refractivity contribution in [3.8, 4) is 0 Å². The standard InChI is InChI=1S/C12H12FNO2S2/c1-9(12-3-2-8-17-12)14-18(15,16)11-6-4-10(13)5-7-11/h2-9,14H,1H3/t9-/m1/s1. The lowest BCUT2D eigenvalue weighted by Gasteiger charge is -2.12. The molecule has 2 rings (SSSR count). The number of halogens is 1. The van der Waals surface area contributed by atoms with Gasteiger partial charge in [-0.1, -0.05) is 6.07 Å². The van der Waals surface area contributed by atoms with Crippen molar-refractivity contribution in [2.24, 2.45) is 0 Å². The highest BCUT2D eigenvalue weighted by atomic mass is 32.2. The summed E-state index contributed by atoms with van der Waals surface area (Å²) in [4.78, 5) is 0.994. The van der Waals surface area contributed by atoms with Crippen molar-refractivity contribution in [2.45, 2.75) is 17.9 Å². The second kappa shape index (κ2) is 5.17. The van der Waals surface area contributed by atoms with Gasteiger partial charge in [-0.3, -0.25) is 0 Å². The summed E-state index contributed by atoms with van der Waals surface area (Å²) in [6.45, 7) is 1.77. The SMILES string of the molecule is C[C@@H](NS(=O)(=O)c1ccc(F)cc1)c1cccs1. The molecule has 0 fully saturated rings. The molecule has 0 aliphatic carbocycles. The molecule has 1 N–H and O–H groups in total. The average Bonchev–Trinajstić information content (AvgIpc) is 2.82. The van der Waals surface area contributed by atoms with Crippen LogP contribution >= 0.6 is 11.3 Å². The fourth-order valence-corrected chi connectivity index (χ4v) is 3.54. The Kier molecular flexibility index (Phi) is 3.79. The van der Waals surface area contributed by atoms with Crippen molar-refractivity contribution >= 4 is 21.4 Å². The lowest BCUT2D eigenvalue weighted by Crippen LogP contribution is -2.26. The number of nitrogens with one attached hydrogen (secondary N) is 1. The predicted octanol–water partition coefficient (Wildman–Crippen LogP) is 2.93. The van der Waals surface area contributed by atoms with Gasteiger partial charge in [0.2, 0.25) is 10.0 Å². The number of benzene rings is 1. The van der Waals surface area contributed by atoms with Crippen LogP contribution in [0.3, 0.4) is 0 Å². The van der Waals surface area contributed by atoms with Gasteiger partial charge in [0.1, 0.15) is 5.82 Å². The molecule has 1 heterocycles. The summed E-state index contributed by atoms with van der Waals surface area (Å²) < 4.78 is 39.3. The van der Waals surface area contributed by atoms with Crippen molar-refractivity contribution in [3.63, 3.8) is 0 Å². The van der Waals surface area contributed by atoms with Crippen LogP contribution in [-0.4, -0.2) is 8.42 Å². The minimum Gasteiger partial charge on any atom is -0.207 e. The Morgan fingerprint density at radius 2 is 1.89 bits per heavy atom. The first-order chi connectivity index (χ1) is 8.49. The molecule has 2 aromatic rings. The van der Waals surface area contributed by atoms with Crippen LogP contribution in [0.25, 0.3) is 0 Å². The first kappa shape index (κ1) is 13.2. The van der Waals surface area contributed by atoms with Crippen LogP contribution in [0.1, 0.15) is 17.8 Å². The largest absolute Gasteiger partial charge is 0.241 e. The Balaban J connectivity index is 2.20. The van der Waals surface area contributed by atoms with Crippen molar-refractivity contribution in [2.75, 3.05) is 0 Å². The Morgan fingerprint density at radius 3 is 2.44 bits per heavy atom. The van der Waals surface area contributed by atoms with E-state index < -0.39 is 15.8 Å². The average molecular weight is 285 g/mol. The molecule has 1 aromatic carbocycles. The van der Waals surface area contributed by atoms with Gasteiger partial charge in [0.15, 0.2) is 0 Å². The van der Waals surface area contributed by atoms with Crippen LogP contribution in [-0.2, 0) is 10.0 Å². The summed E-state index contributed by atoms with van der Waals surface area (Å²) in [6, 6.07) is 8.18. The van der Waals surface area contributed by atoms with Crippen LogP contribution in [0.15, 0.2) is 46.7 Å². The van der Waals surface area contributed by atoms with Gasteiger partial charge in [0.25, 0.3) is 0 Å². The second-order valence-electron chi connectivity index (χ2n) is 3.81. The minimum absolute atomic E-state index is 0.0623. The molecule has 1 aromatic heterocycles. The zero-order valence-electron chi connectivity index (χ0n) is 9.63. The molecule has 0 radical (unpaired) electrons. The summed E-state index contributed by atoms with van der Waals surface area (Å²) in [7, 11) is -3.61. The molecule has 0 aliphatic rings. The van der Waals surface area contributed by atoms with E-state index in [4.69, 9.17) is 0 Å². The topological polar surface area (TPSA) is 46.2 Å². The molecular weight excluding hydrogens is 273 g/mol. The summed E-state index contributed by atoms with van der Waals surface area (Å²) in [5.41, 5.74) is 0. The van der Waals surface area contributed by atoms with E-state index in [2.05, 4.69) is 4.72 Å². The van der Waals surface area contributed by atoms with Crippen LogP contribution in [0, 0.1) is 5.82 Å². The number of rotatable bonds is 4. The second-order valence-corrected chi connectivity index (χ2v) is 6.51. The summed E-state index contributed by atoms with van der Waals surface area (Å²) in [6.07, 6.45) is 0. The molecule has 0 unspecified atom stereocenters. The van der Waals surface area contributed by atoms with Gasteiger partial charge in [-0.25, -0.2) is 17.5 Å².